The molecule has 18 heavy (non-hydrogen) atoms. The first-order chi connectivity index (χ1) is 8.53. The molecular formula is C14H23N3S. The molecule has 2 rings (SSSR count). The van der Waals surface area contributed by atoms with E-state index in [9.17, 15) is 0 Å². The van der Waals surface area contributed by atoms with E-state index in [1.165, 1.54) is 17.5 Å². The van der Waals surface area contributed by atoms with Crippen molar-refractivity contribution < 1.29 is 0 Å². The number of hydrogen-bond donors (Lipinski definition) is 1. The molecule has 0 bridgehead atoms. The highest BCUT2D eigenvalue weighted by molar-refractivity contribution is 8.00. The smallest absolute Gasteiger partial charge is 0.133 e. The number of pyridine rings is 1. The minimum absolute atomic E-state index is 0.376. The Bertz CT molecular complexity index is 418. The first-order valence-corrected chi connectivity index (χ1v) is 7.55. The summed E-state index contributed by atoms with van der Waals surface area (Å²) in [5, 5.41) is 0. The Morgan fingerprint density at radius 2 is 2.22 bits per heavy atom. The number of anilines is 1. The van der Waals surface area contributed by atoms with E-state index in [1.807, 2.05) is 12.3 Å². The van der Waals surface area contributed by atoms with Gasteiger partial charge in [-0.15, -0.1) is 0 Å². The fourth-order valence-corrected chi connectivity index (χ4v) is 3.43. The molecule has 0 atom stereocenters. The van der Waals surface area contributed by atoms with Gasteiger partial charge in [0.25, 0.3) is 0 Å². The lowest BCUT2D eigenvalue weighted by Gasteiger charge is -2.25. The predicted octanol–water partition coefficient (Wildman–Crippen LogP) is 2.57. The maximum atomic E-state index is 5.88. The first kappa shape index (κ1) is 13.7. The van der Waals surface area contributed by atoms with Gasteiger partial charge in [-0.25, -0.2) is 4.98 Å². The van der Waals surface area contributed by atoms with E-state index in [1.54, 1.807) is 0 Å². The van der Waals surface area contributed by atoms with Crippen molar-refractivity contribution in [3.8, 4) is 0 Å². The Hall–Kier alpha value is -0.740. The van der Waals surface area contributed by atoms with Crippen molar-refractivity contribution in [2.75, 3.05) is 23.7 Å². The second-order valence-electron chi connectivity index (χ2n) is 5.48. The lowest BCUT2D eigenvalue weighted by atomic mass is 10.1. The van der Waals surface area contributed by atoms with Crippen molar-refractivity contribution in [2.24, 2.45) is 5.73 Å². The molecule has 3 nitrogen and oxygen atoms in total. The van der Waals surface area contributed by atoms with Gasteiger partial charge in [-0.05, 0) is 25.0 Å². The number of aromatic nitrogens is 1. The van der Waals surface area contributed by atoms with Crippen LogP contribution in [-0.4, -0.2) is 28.6 Å². The van der Waals surface area contributed by atoms with Crippen LogP contribution in [0.3, 0.4) is 0 Å². The number of aryl methyl sites for hydroxylation is 1. The molecule has 4 heteroatoms. The first-order valence-electron chi connectivity index (χ1n) is 6.57. The summed E-state index contributed by atoms with van der Waals surface area (Å²) < 4.78 is 0.376. The van der Waals surface area contributed by atoms with Crippen molar-refractivity contribution >= 4 is 17.6 Å². The van der Waals surface area contributed by atoms with Crippen LogP contribution in [0.2, 0.25) is 0 Å². The fourth-order valence-electron chi connectivity index (χ4n) is 2.33. The molecule has 1 aromatic heterocycles. The highest BCUT2D eigenvalue weighted by Crippen LogP contribution is 2.32. The predicted molar refractivity (Wildman–Crippen MR) is 80.2 cm³/mol. The van der Waals surface area contributed by atoms with Crippen molar-refractivity contribution in [1.82, 2.24) is 4.98 Å². The molecule has 0 aromatic carbocycles. The summed E-state index contributed by atoms with van der Waals surface area (Å²) >= 11 is 2.06. The molecule has 2 heterocycles. The van der Waals surface area contributed by atoms with E-state index in [4.69, 9.17) is 5.73 Å². The molecule has 0 spiro atoms. The van der Waals surface area contributed by atoms with Crippen molar-refractivity contribution in [3.63, 3.8) is 0 Å². The third kappa shape index (κ3) is 2.98. The van der Waals surface area contributed by atoms with Gasteiger partial charge >= 0.3 is 0 Å². The van der Waals surface area contributed by atoms with Crippen LogP contribution >= 0.6 is 11.8 Å². The second-order valence-corrected chi connectivity index (χ2v) is 7.28. The van der Waals surface area contributed by atoms with Gasteiger partial charge in [0.2, 0.25) is 0 Å². The van der Waals surface area contributed by atoms with E-state index >= 15 is 0 Å². The van der Waals surface area contributed by atoms with Crippen LogP contribution < -0.4 is 10.6 Å². The zero-order chi connectivity index (χ0) is 13.2. The van der Waals surface area contributed by atoms with Crippen molar-refractivity contribution in [3.05, 3.63) is 23.4 Å². The second kappa shape index (κ2) is 5.49. The van der Waals surface area contributed by atoms with Gasteiger partial charge in [-0.1, -0.05) is 13.8 Å². The summed E-state index contributed by atoms with van der Waals surface area (Å²) in [6, 6.07) is 2.04. The minimum atomic E-state index is 0.376. The Balaban J connectivity index is 2.24. The van der Waals surface area contributed by atoms with Crippen molar-refractivity contribution in [2.45, 2.75) is 38.5 Å². The van der Waals surface area contributed by atoms with Gasteiger partial charge in [0.15, 0.2) is 0 Å². The Kier molecular flexibility index (Phi) is 4.17. The van der Waals surface area contributed by atoms with Crippen LogP contribution in [0.15, 0.2) is 12.3 Å². The van der Waals surface area contributed by atoms with E-state index in [0.717, 1.165) is 24.7 Å². The summed E-state index contributed by atoms with van der Waals surface area (Å²) in [5.41, 5.74) is 8.32. The maximum absolute atomic E-state index is 5.88. The quantitative estimate of drug-likeness (QED) is 0.892. The number of nitrogens with zero attached hydrogens (tertiary/aromatic N) is 2. The van der Waals surface area contributed by atoms with Crippen LogP contribution in [0, 0.1) is 6.92 Å². The maximum Gasteiger partial charge on any atom is 0.133 e. The zero-order valence-corrected chi connectivity index (χ0v) is 12.4. The van der Waals surface area contributed by atoms with Crippen LogP contribution in [0.4, 0.5) is 5.82 Å². The fraction of sp³-hybridized carbons (Fsp3) is 0.643. The Labute approximate surface area is 114 Å². The highest BCUT2D eigenvalue weighted by Gasteiger charge is 2.25. The van der Waals surface area contributed by atoms with E-state index < -0.39 is 0 Å². The summed E-state index contributed by atoms with van der Waals surface area (Å²) in [5.74, 6) is 2.25. The van der Waals surface area contributed by atoms with E-state index in [-0.39, 0.29) is 0 Å². The molecule has 0 unspecified atom stereocenters. The molecule has 1 saturated heterocycles. The Morgan fingerprint density at radius 3 is 2.94 bits per heavy atom. The summed E-state index contributed by atoms with van der Waals surface area (Å²) in [6.45, 7) is 9.48. The van der Waals surface area contributed by atoms with Crippen LogP contribution in [0.5, 0.6) is 0 Å². The molecular weight excluding hydrogens is 242 g/mol. The molecule has 0 radical (unpaired) electrons. The van der Waals surface area contributed by atoms with Gasteiger partial charge in [0.05, 0.1) is 0 Å². The molecule has 1 aromatic rings. The number of rotatable bonds is 2. The lowest BCUT2D eigenvalue weighted by molar-refractivity contribution is 0.633. The third-order valence-corrected chi connectivity index (χ3v) is 4.98. The topological polar surface area (TPSA) is 42.2 Å². The van der Waals surface area contributed by atoms with Gasteiger partial charge in [0.1, 0.15) is 5.82 Å². The summed E-state index contributed by atoms with van der Waals surface area (Å²) in [6.07, 6.45) is 3.09. The highest BCUT2D eigenvalue weighted by atomic mass is 32.2. The largest absolute Gasteiger partial charge is 0.355 e. The number of thioether (sulfide) groups is 1. The van der Waals surface area contributed by atoms with Gasteiger partial charge < -0.3 is 10.6 Å². The van der Waals surface area contributed by atoms with E-state index in [2.05, 4.69) is 42.4 Å². The number of nitrogens with two attached hydrogens (primary N) is 1. The SMILES string of the molecule is Cc1ccnc(N2CCSC(C)(C)CC2)c1CN. The molecule has 1 aliphatic heterocycles. The molecule has 2 N–H and O–H groups in total. The lowest BCUT2D eigenvalue weighted by Crippen LogP contribution is -2.29. The molecule has 1 aliphatic rings. The van der Waals surface area contributed by atoms with Gasteiger partial charge in [-0.2, -0.15) is 11.8 Å². The van der Waals surface area contributed by atoms with Crippen LogP contribution in [-0.2, 0) is 6.54 Å². The average molecular weight is 265 g/mol. The monoisotopic (exact) mass is 265 g/mol. The summed E-state index contributed by atoms with van der Waals surface area (Å²) in [7, 11) is 0. The third-order valence-electron chi connectivity index (χ3n) is 3.61. The van der Waals surface area contributed by atoms with Crippen LogP contribution in [0.25, 0.3) is 0 Å². The molecule has 0 amide bonds. The zero-order valence-electron chi connectivity index (χ0n) is 11.6. The van der Waals surface area contributed by atoms with Crippen LogP contribution in [0.1, 0.15) is 31.4 Å². The molecule has 100 valence electrons. The standard InChI is InChI=1S/C14H23N3S/c1-11-4-6-16-13(12(11)10-15)17-7-5-14(2,3)18-9-8-17/h4,6H,5,7-10,15H2,1-3H3. The molecule has 0 aliphatic carbocycles. The van der Waals surface area contributed by atoms with E-state index in [0.29, 0.717) is 11.3 Å². The van der Waals surface area contributed by atoms with Gasteiger partial charge in [0, 0.05) is 41.9 Å². The molecule has 1 fully saturated rings. The minimum Gasteiger partial charge on any atom is -0.355 e. The van der Waals surface area contributed by atoms with Gasteiger partial charge in [-0.3, -0.25) is 0 Å². The molecule has 0 saturated carbocycles. The number of hydrogen-bond acceptors (Lipinski definition) is 4. The average Bonchev–Trinajstić information content (AvgIpc) is 2.50. The summed E-state index contributed by atoms with van der Waals surface area (Å²) in [4.78, 5) is 6.96. The normalized spacial score (nSPS) is 19.7. The Morgan fingerprint density at radius 1 is 1.44 bits per heavy atom. The van der Waals surface area contributed by atoms with Crippen molar-refractivity contribution in [1.29, 1.82) is 0 Å².